The smallest absolute Gasteiger partial charge is 0.149 e. The van der Waals surface area contributed by atoms with E-state index in [4.69, 9.17) is 4.94 Å². The summed E-state index contributed by atoms with van der Waals surface area (Å²) in [7, 11) is 0. The molecule has 1 unspecified atom stereocenters. The molecule has 0 saturated heterocycles. The lowest BCUT2D eigenvalue weighted by atomic mass is 10.3. The van der Waals surface area contributed by atoms with Gasteiger partial charge in [0.25, 0.3) is 0 Å². The fourth-order valence-electron chi connectivity index (χ4n) is 1.53. The highest BCUT2D eigenvalue weighted by atomic mass is 17.0. The minimum atomic E-state index is -0.762. The molecule has 1 atom stereocenters. The van der Waals surface area contributed by atoms with E-state index < -0.39 is 11.0 Å². The fraction of sp³-hybridized carbons (Fsp3) is 1.00. The SMILES string of the molecule is CC(C)N(O[N+](O)(C(C)C)C(C)C)C(C)O. The van der Waals surface area contributed by atoms with Crippen molar-refractivity contribution in [3.8, 4) is 0 Å². The molecule has 0 fully saturated rings. The van der Waals surface area contributed by atoms with Gasteiger partial charge >= 0.3 is 0 Å². The molecule has 16 heavy (non-hydrogen) atoms. The summed E-state index contributed by atoms with van der Waals surface area (Å²) in [6.45, 7) is 12.9. The van der Waals surface area contributed by atoms with Crippen LogP contribution in [0.1, 0.15) is 48.5 Å². The third kappa shape index (κ3) is 3.68. The summed E-state index contributed by atoms with van der Waals surface area (Å²) in [5.74, 6) is 0. The van der Waals surface area contributed by atoms with Gasteiger partial charge in [-0.1, -0.05) is 4.94 Å². The van der Waals surface area contributed by atoms with Crippen molar-refractivity contribution in [2.45, 2.75) is 72.8 Å². The highest BCUT2D eigenvalue weighted by Gasteiger charge is 2.41. The van der Waals surface area contributed by atoms with Crippen LogP contribution in [0.3, 0.4) is 0 Å². The number of quaternary nitrogens is 1. The summed E-state index contributed by atoms with van der Waals surface area (Å²) in [4.78, 5) is 5.02. The third-order valence-corrected chi connectivity index (χ3v) is 2.58. The topological polar surface area (TPSA) is 52.9 Å². The molecule has 0 aromatic rings. The van der Waals surface area contributed by atoms with E-state index in [1.165, 1.54) is 5.06 Å². The standard InChI is InChI=1S/C11H27N2O3/c1-8(2)12(11(7)14)16-13(15,9(3)4)10(5)6/h8-11,14-15H,1-7H3/q+1. The Balaban J connectivity index is 4.86. The molecule has 0 aromatic heterocycles. The predicted molar refractivity (Wildman–Crippen MR) is 62.1 cm³/mol. The number of aliphatic hydroxyl groups excluding tert-OH is 1. The van der Waals surface area contributed by atoms with E-state index in [1.54, 1.807) is 6.92 Å². The summed E-state index contributed by atoms with van der Waals surface area (Å²) in [6.07, 6.45) is -0.762. The Labute approximate surface area is 98.7 Å². The molecule has 98 valence electrons. The summed E-state index contributed by atoms with van der Waals surface area (Å²) in [5, 5.41) is 21.4. The van der Waals surface area contributed by atoms with E-state index in [9.17, 15) is 10.3 Å². The van der Waals surface area contributed by atoms with Crippen molar-refractivity contribution in [1.82, 2.24) is 5.06 Å². The van der Waals surface area contributed by atoms with Crippen molar-refractivity contribution in [3.63, 3.8) is 0 Å². The summed E-state index contributed by atoms with van der Waals surface area (Å²) in [6, 6.07) is -0.234. The largest absolute Gasteiger partial charge is 0.376 e. The van der Waals surface area contributed by atoms with E-state index in [-0.39, 0.29) is 18.1 Å². The molecule has 0 spiro atoms. The van der Waals surface area contributed by atoms with Gasteiger partial charge in [-0.2, -0.15) is 5.21 Å². The molecule has 0 aliphatic rings. The zero-order valence-electron chi connectivity index (χ0n) is 11.5. The second-order valence-electron chi connectivity index (χ2n) is 5.03. The molecule has 0 radical (unpaired) electrons. The summed E-state index contributed by atoms with van der Waals surface area (Å²) in [5.41, 5.74) is 0. The van der Waals surface area contributed by atoms with Gasteiger partial charge in [0.2, 0.25) is 0 Å². The first-order valence-corrected chi connectivity index (χ1v) is 5.90. The van der Waals surface area contributed by atoms with Crippen LogP contribution in [-0.2, 0) is 4.94 Å². The van der Waals surface area contributed by atoms with Gasteiger partial charge in [-0.15, -0.1) is 5.06 Å². The monoisotopic (exact) mass is 235 g/mol. The molecule has 0 amide bonds. The van der Waals surface area contributed by atoms with Crippen LogP contribution in [0, 0.1) is 0 Å². The Kier molecular flexibility index (Phi) is 5.86. The molecular weight excluding hydrogens is 208 g/mol. The maximum absolute atomic E-state index is 10.4. The van der Waals surface area contributed by atoms with Gasteiger partial charge in [-0.25, -0.2) is 0 Å². The first kappa shape index (κ1) is 15.8. The third-order valence-electron chi connectivity index (χ3n) is 2.58. The second-order valence-corrected chi connectivity index (χ2v) is 5.03. The molecule has 5 heteroatoms. The Morgan fingerprint density at radius 2 is 1.31 bits per heavy atom. The van der Waals surface area contributed by atoms with Gasteiger partial charge in [0, 0.05) is 6.04 Å². The molecule has 0 aliphatic heterocycles. The van der Waals surface area contributed by atoms with Gasteiger partial charge in [0.15, 0.2) is 0 Å². The minimum Gasteiger partial charge on any atom is -0.376 e. The fourth-order valence-corrected chi connectivity index (χ4v) is 1.53. The Morgan fingerprint density at radius 3 is 1.50 bits per heavy atom. The number of hydroxylamine groups is 6. The van der Waals surface area contributed by atoms with Crippen molar-refractivity contribution in [2.24, 2.45) is 0 Å². The van der Waals surface area contributed by atoms with Crippen LogP contribution < -0.4 is 0 Å². The van der Waals surface area contributed by atoms with Gasteiger partial charge in [-0.3, -0.25) is 0 Å². The van der Waals surface area contributed by atoms with Crippen LogP contribution in [0.4, 0.5) is 0 Å². The quantitative estimate of drug-likeness (QED) is 0.419. The van der Waals surface area contributed by atoms with E-state index in [2.05, 4.69) is 0 Å². The maximum Gasteiger partial charge on any atom is 0.149 e. The highest BCUT2D eigenvalue weighted by Crippen LogP contribution is 2.20. The molecular formula is C11H27N2O3+. The Bertz CT molecular complexity index is 189. The lowest BCUT2D eigenvalue weighted by Crippen LogP contribution is -2.60. The van der Waals surface area contributed by atoms with Gasteiger partial charge in [-0.05, 0) is 53.3 Å². The van der Waals surface area contributed by atoms with E-state index >= 15 is 0 Å². The lowest BCUT2D eigenvalue weighted by Gasteiger charge is -2.39. The average Bonchev–Trinajstić information content (AvgIpc) is 2.11. The molecule has 2 N–H and O–H groups in total. The number of aliphatic hydroxyl groups is 1. The molecule has 0 aromatic carbocycles. The molecule has 0 saturated carbocycles. The van der Waals surface area contributed by atoms with Gasteiger partial charge < -0.3 is 5.11 Å². The van der Waals surface area contributed by atoms with Crippen molar-refractivity contribution in [2.75, 3.05) is 0 Å². The number of hydrogen-bond donors (Lipinski definition) is 2. The van der Waals surface area contributed by atoms with E-state index in [1.807, 2.05) is 41.5 Å². The molecule has 0 rings (SSSR count). The second kappa shape index (κ2) is 5.93. The Morgan fingerprint density at radius 1 is 0.938 bits per heavy atom. The van der Waals surface area contributed by atoms with Crippen molar-refractivity contribution >= 4 is 0 Å². The molecule has 0 aliphatic carbocycles. The normalized spacial score (nSPS) is 15.6. The average molecular weight is 235 g/mol. The van der Waals surface area contributed by atoms with Gasteiger partial charge in [0.1, 0.15) is 18.3 Å². The summed E-state index contributed by atoms with van der Waals surface area (Å²) >= 11 is 0. The zero-order valence-corrected chi connectivity index (χ0v) is 11.5. The van der Waals surface area contributed by atoms with Crippen molar-refractivity contribution in [3.05, 3.63) is 0 Å². The number of rotatable bonds is 6. The summed E-state index contributed by atoms with van der Waals surface area (Å²) < 4.78 is 0. The zero-order chi connectivity index (χ0) is 13.1. The number of nitrogens with zero attached hydrogens (tertiary/aromatic N) is 2. The van der Waals surface area contributed by atoms with Crippen LogP contribution in [0.5, 0.6) is 0 Å². The first-order chi connectivity index (χ1) is 7.12. The molecule has 0 heterocycles. The predicted octanol–water partition coefficient (Wildman–Crippen LogP) is 1.90. The lowest BCUT2D eigenvalue weighted by molar-refractivity contribution is -1.29. The van der Waals surface area contributed by atoms with E-state index in [0.29, 0.717) is 0 Å². The van der Waals surface area contributed by atoms with Crippen LogP contribution in [0.25, 0.3) is 0 Å². The van der Waals surface area contributed by atoms with Crippen LogP contribution in [0.15, 0.2) is 0 Å². The van der Waals surface area contributed by atoms with E-state index in [0.717, 1.165) is 0 Å². The van der Waals surface area contributed by atoms with Gasteiger partial charge in [0.05, 0.1) is 0 Å². The highest BCUT2D eigenvalue weighted by molar-refractivity contribution is 4.51. The maximum atomic E-state index is 10.4. The van der Waals surface area contributed by atoms with Crippen LogP contribution in [-0.4, -0.2) is 44.5 Å². The first-order valence-electron chi connectivity index (χ1n) is 5.90. The van der Waals surface area contributed by atoms with Crippen molar-refractivity contribution < 1.29 is 20.1 Å². The minimum absolute atomic E-state index is 0.0119. The number of hydrogen-bond acceptors (Lipinski definition) is 4. The van der Waals surface area contributed by atoms with Crippen molar-refractivity contribution in [1.29, 1.82) is 0 Å². The molecule has 5 nitrogen and oxygen atoms in total. The molecule has 0 bridgehead atoms. The van der Waals surface area contributed by atoms with Crippen LogP contribution >= 0.6 is 0 Å². The Hall–Kier alpha value is -0.200. The van der Waals surface area contributed by atoms with Crippen LogP contribution in [0.2, 0.25) is 0 Å².